The molecule has 0 unspecified atom stereocenters. The Morgan fingerprint density at radius 1 is 1.06 bits per heavy atom. The van der Waals surface area contributed by atoms with Gasteiger partial charge in [0, 0.05) is 11.1 Å². The third-order valence-corrected chi connectivity index (χ3v) is 3.33. The van der Waals surface area contributed by atoms with Gasteiger partial charge in [-0.3, -0.25) is 10.0 Å². The summed E-state index contributed by atoms with van der Waals surface area (Å²) in [6, 6.07) is 12.0. The lowest BCUT2D eigenvalue weighted by molar-refractivity contribution is 0.0706. The molecule has 0 aromatic heterocycles. The van der Waals surface area contributed by atoms with Gasteiger partial charge in [-0.2, -0.15) is 0 Å². The van der Waals surface area contributed by atoms with E-state index >= 15 is 0 Å². The average Bonchev–Trinajstić information content (AvgIpc) is 2.41. The van der Waals surface area contributed by atoms with E-state index in [1.165, 1.54) is 0 Å². The summed E-state index contributed by atoms with van der Waals surface area (Å²) in [5.41, 5.74) is 3.57. The second-order valence-corrected chi connectivity index (χ2v) is 4.40. The van der Waals surface area contributed by atoms with Crippen molar-refractivity contribution in [3.63, 3.8) is 0 Å². The number of carbonyl (C=O) groups is 1. The Labute approximate surface area is 114 Å². The van der Waals surface area contributed by atoms with E-state index in [0.29, 0.717) is 15.6 Å². The third kappa shape index (κ3) is 2.48. The van der Waals surface area contributed by atoms with Gasteiger partial charge in [-0.1, -0.05) is 47.5 Å². The van der Waals surface area contributed by atoms with Gasteiger partial charge >= 0.3 is 0 Å². The van der Waals surface area contributed by atoms with Crippen molar-refractivity contribution < 1.29 is 10.0 Å². The first-order chi connectivity index (χ1) is 8.63. The molecular weight excluding hydrogens is 273 g/mol. The van der Waals surface area contributed by atoms with Gasteiger partial charge in [0.15, 0.2) is 0 Å². The highest BCUT2D eigenvalue weighted by Gasteiger charge is 2.08. The molecule has 0 aliphatic heterocycles. The van der Waals surface area contributed by atoms with Crippen LogP contribution in [0.1, 0.15) is 10.4 Å². The van der Waals surface area contributed by atoms with Gasteiger partial charge in [0.2, 0.25) is 0 Å². The van der Waals surface area contributed by atoms with E-state index in [1.54, 1.807) is 41.9 Å². The van der Waals surface area contributed by atoms with E-state index < -0.39 is 5.91 Å². The molecule has 3 nitrogen and oxygen atoms in total. The summed E-state index contributed by atoms with van der Waals surface area (Å²) in [5.74, 6) is -0.557. The molecule has 0 bridgehead atoms. The van der Waals surface area contributed by atoms with Crippen LogP contribution in [-0.4, -0.2) is 11.1 Å². The molecule has 0 fully saturated rings. The monoisotopic (exact) mass is 281 g/mol. The van der Waals surface area contributed by atoms with Crippen molar-refractivity contribution in [1.82, 2.24) is 5.48 Å². The maximum absolute atomic E-state index is 11.2. The molecule has 5 heteroatoms. The smallest absolute Gasteiger partial charge is 0.274 e. The summed E-state index contributed by atoms with van der Waals surface area (Å²) < 4.78 is 0. The fourth-order valence-corrected chi connectivity index (χ4v) is 2.00. The molecule has 92 valence electrons. The fraction of sp³-hybridized carbons (Fsp3) is 0. The third-order valence-electron chi connectivity index (χ3n) is 2.51. The molecule has 0 saturated heterocycles. The van der Waals surface area contributed by atoms with Crippen LogP contribution in [0.25, 0.3) is 11.1 Å². The van der Waals surface area contributed by atoms with Crippen molar-refractivity contribution in [2.45, 2.75) is 0 Å². The predicted octanol–water partition coefficient (Wildman–Crippen LogP) is 3.78. The predicted molar refractivity (Wildman–Crippen MR) is 71.2 cm³/mol. The molecule has 0 spiro atoms. The number of halogens is 2. The lowest BCUT2D eigenvalue weighted by Crippen LogP contribution is -2.18. The lowest BCUT2D eigenvalue weighted by atomic mass is 10.0. The SMILES string of the molecule is O=C(NO)c1ccc(-c2cccc(Cl)c2Cl)cc1. The number of carbonyl (C=O) groups excluding carboxylic acids is 1. The normalized spacial score (nSPS) is 10.2. The van der Waals surface area contributed by atoms with Crippen LogP contribution in [0, 0.1) is 0 Å². The minimum atomic E-state index is -0.557. The molecule has 0 radical (unpaired) electrons. The fourth-order valence-electron chi connectivity index (χ4n) is 1.59. The molecule has 1 amide bonds. The number of amides is 1. The van der Waals surface area contributed by atoms with E-state index in [-0.39, 0.29) is 0 Å². The van der Waals surface area contributed by atoms with Crippen LogP contribution in [0.4, 0.5) is 0 Å². The van der Waals surface area contributed by atoms with Crippen molar-refractivity contribution in [3.05, 3.63) is 58.1 Å². The summed E-state index contributed by atoms with van der Waals surface area (Å²) in [4.78, 5) is 11.2. The second-order valence-electron chi connectivity index (χ2n) is 3.62. The molecule has 0 atom stereocenters. The number of hydroxylamine groups is 1. The Hall–Kier alpha value is -1.55. The molecule has 0 heterocycles. The molecule has 0 aliphatic rings. The summed E-state index contributed by atoms with van der Waals surface area (Å²) in [6.07, 6.45) is 0. The highest BCUT2D eigenvalue weighted by molar-refractivity contribution is 6.43. The number of rotatable bonds is 2. The first-order valence-electron chi connectivity index (χ1n) is 5.12. The molecule has 2 aromatic carbocycles. The van der Waals surface area contributed by atoms with E-state index in [4.69, 9.17) is 28.4 Å². The van der Waals surface area contributed by atoms with E-state index in [0.717, 1.165) is 11.1 Å². The standard InChI is InChI=1S/C13H9Cl2NO2/c14-11-3-1-2-10(12(11)15)8-4-6-9(7-5-8)13(17)16-18/h1-7,18H,(H,16,17). The maximum Gasteiger partial charge on any atom is 0.274 e. The molecule has 0 aliphatic carbocycles. The minimum Gasteiger partial charge on any atom is -0.288 e. The van der Waals surface area contributed by atoms with Crippen LogP contribution in [0.2, 0.25) is 10.0 Å². The van der Waals surface area contributed by atoms with Crippen molar-refractivity contribution in [1.29, 1.82) is 0 Å². The van der Waals surface area contributed by atoms with Crippen molar-refractivity contribution in [2.75, 3.05) is 0 Å². The van der Waals surface area contributed by atoms with E-state index in [9.17, 15) is 4.79 Å². The zero-order valence-corrected chi connectivity index (χ0v) is 10.7. The molecule has 0 saturated carbocycles. The Morgan fingerprint density at radius 2 is 1.72 bits per heavy atom. The van der Waals surface area contributed by atoms with Crippen LogP contribution in [0.3, 0.4) is 0 Å². The number of hydrogen-bond acceptors (Lipinski definition) is 2. The Kier molecular flexibility index (Phi) is 3.87. The van der Waals surface area contributed by atoms with Crippen molar-refractivity contribution in [2.24, 2.45) is 0 Å². The van der Waals surface area contributed by atoms with E-state index in [2.05, 4.69) is 0 Å². The Morgan fingerprint density at radius 3 is 2.33 bits per heavy atom. The lowest BCUT2D eigenvalue weighted by Gasteiger charge is -2.06. The zero-order valence-electron chi connectivity index (χ0n) is 9.15. The summed E-state index contributed by atoms with van der Waals surface area (Å²) in [5, 5.41) is 9.47. The van der Waals surface area contributed by atoms with Crippen LogP contribution in [0.15, 0.2) is 42.5 Å². The van der Waals surface area contributed by atoms with Gasteiger partial charge in [-0.05, 0) is 23.8 Å². The largest absolute Gasteiger partial charge is 0.288 e. The van der Waals surface area contributed by atoms with Gasteiger partial charge < -0.3 is 0 Å². The van der Waals surface area contributed by atoms with Gasteiger partial charge in [-0.15, -0.1) is 0 Å². The van der Waals surface area contributed by atoms with Gasteiger partial charge in [0.1, 0.15) is 0 Å². The van der Waals surface area contributed by atoms with E-state index in [1.807, 2.05) is 6.07 Å². The molecular formula is C13H9Cl2NO2. The molecule has 2 aromatic rings. The van der Waals surface area contributed by atoms with Gasteiger partial charge in [0.05, 0.1) is 10.0 Å². The number of benzene rings is 2. The van der Waals surface area contributed by atoms with Gasteiger partial charge in [0.25, 0.3) is 5.91 Å². The van der Waals surface area contributed by atoms with Gasteiger partial charge in [-0.25, -0.2) is 5.48 Å². The zero-order chi connectivity index (χ0) is 13.1. The van der Waals surface area contributed by atoms with Crippen LogP contribution in [0.5, 0.6) is 0 Å². The molecule has 2 N–H and O–H groups in total. The topological polar surface area (TPSA) is 49.3 Å². The van der Waals surface area contributed by atoms with Crippen molar-refractivity contribution >= 4 is 29.1 Å². The second kappa shape index (κ2) is 5.40. The highest BCUT2D eigenvalue weighted by Crippen LogP contribution is 2.33. The summed E-state index contributed by atoms with van der Waals surface area (Å²) in [6.45, 7) is 0. The molecule has 18 heavy (non-hydrogen) atoms. The number of nitrogens with one attached hydrogen (secondary N) is 1. The number of hydrogen-bond donors (Lipinski definition) is 2. The first kappa shape index (κ1) is 12.9. The summed E-state index contributed by atoms with van der Waals surface area (Å²) >= 11 is 12.0. The van der Waals surface area contributed by atoms with Crippen LogP contribution in [-0.2, 0) is 0 Å². The maximum atomic E-state index is 11.2. The highest BCUT2D eigenvalue weighted by atomic mass is 35.5. The Bertz CT molecular complexity index is 582. The molecule has 2 rings (SSSR count). The Balaban J connectivity index is 2.40. The minimum absolute atomic E-state index is 0.361. The van der Waals surface area contributed by atoms with Crippen molar-refractivity contribution in [3.8, 4) is 11.1 Å². The van der Waals surface area contributed by atoms with Crippen LogP contribution < -0.4 is 5.48 Å². The summed E-state index contributed by atoms with van der Waals surface area (Å²) in [7, 11) is 0. The average molecular weight is 282 g/mol. The first-order valence-corrected chi connectivity index (χ1v) is 5.88. The van der Waals surface area contributed by atoms with Crippen LogP contribution >= 0.6 is 23.2 Å². The quantitative estimate of drug-likeness (QED) is 0.650.